The molecule has 0 saturated carbocycles. The molecule has 0 spiro atoms. The van der Waals surface area contributed by atoms with Gasteiger partial charge in [0.2, 0.25) is 0 Å². The quantitative estimate of drug-likeness (QED) is 0.164. The van der Waals surface area contributed by atoms with E-state index < -0.39 is 6.71 Å². The summed E-state index contributed by atoms with van der Waals surface area (Å²) in [6.45, 7) is 18.3. The molecule has 0 amide bonds. The van der Waals surface area contributed by atoms with Crippen LogP contribution in [0.15, 0.2) is 60.4 Å². The molecule has 0 unspecified atom stereocenters. The lowest BCUT2D eigenvalue weighted by molar-refractivity contribution is 0.392. The minimum Gasteiger partial charge on any atom is -0.311 e. The van der Waals surface area contributed by atoms with E-state index in [1.807, 2.05) is 4.90 Å². The fourth-order valence-corrected chi connectivity index (χ4v) is 12.3. The molecule has 268 valence electrons. The second kappa shape index (κ2) is 10.3. The van der Waals surface area contributed by atoms with E-state index >= 15 is 0 Å². The molecule has 0 atom stereocenters. The van der Waals surface area contributed by atoms with Gasteiger partial charge in [-0.2, -0.15) is 0 Å². The Labute approximate surface area is 335 Å². The van der Waals surface area contributed by atoms with Gasteiger partial charge in [-0.15, -0.1) is 11.3 Å². The van der Waals surface area contributed by atoms with E-state index in [2.05, 4.69) is 55.4 Å². The molecule has 4 heteroatoms. The number of rotatable bonds is 2. The molecule has 5 aromatic rings. The number of benzene rings is 4. The second-order valence-corrected chi connectivity index (χ2v) is 21.3. The highest BCUT2D eigenvalue weighted by molar-refractivity contribution is 7.20. The van der Waals surface area contributed by atoms with Crippen molar-refractivity contribution in [3.8, 4) is 0 Å². The summed E-state index contributed by atoms with van der Waals surface area (Å²) in [4.78, 5) is 4.76. The van der Waals surface area contributed by atoms with Crippen molar-refractivity contribution in [3.05, 3.63) is 110 Å². The third kappa shape index (κ3) is 4.82. The Morgan fingerprint density at radius 3 is 1.62 bits per heavy atom. The maximum Gasteiger partial charge on any atom is 0.253 e. The Hall–Kier alpha value is -3.76. The monoisotopic (exact) mass is 722 g/mol. The van der Waals surface area contributed by atoms with Crippen LogP contribution in [0.5, 0.6) is 0 Å². The zero-order valence-electron chi connectivity index (χ0n) is 42.5. The van der Waals surface area contributed by atoms with E-state index in [4.69, 9.17) is 0 Å². The van der Waals surface area contributed by atoms with Gasteiger partial charge in [-0.3, -0.25) is 0 Å². The number of nitrogens with zero attached hydrogens (tertiary/aromatic N) is 2. The maximum absolute atomic E-state index is 10.3. The highest BCUT2D eigenvalue weighted by Crippen LogP contribution is 2.53. The molecule has 11 rings (SSSR count). The Kier molecular flexibility index (Phi) is 4.65. The summed E-state index contributed by atoms with van der Waals surface area (Å²) in [5, 5.41) is 0.755. The standard InChI is InChI=1S/C49H53BN2S/c1-28-14-40-44-41(15-28)52(36-13-11-30-21-47(4,5)23-32(30)17-36)45-43(37-26-49(8,9)27-42(37)53-45)50(44)38-18-33-24-48(6,7)25-34(33)19-39(38)51(40)35-12-10-29-20-46(2,3)22-31(29)16-35/h10-19H,20-27H2,1-9H3/i10D,11D,12D,13D,14D,15D,16D,17D,18D,19D. The number of hydrogen-bond acceptors (Lipinski definition) is 3. The molecule has 3 heterocycles. The molecule has 53 heavy (non-hydrogen) atoms. The van der Waals surface area contributed by atoms with E-state index in [1.54, 1.807) is 23.2 Å². The largest absolute Gasteiger partial charge is 0.311 e. The zero-order valence-corrected chi connectivity index (χ0v) is 33.4. The van der Waals surface area contributed by atoms with Gasteiger partial charge in [0, 0.05) is 33.3 Å². The van der Waals surface area contributed by atoms with Crippen molar-refractivity contribution in [1.29, 1.82) is 0 Å². The summed E-state index contributed by atoms with van der Waals surface area (Å²) in [6, 6.07) is 0.690. The van der Waals surface area contributed by atoms with Crippen molar-refractivity contribution < 1.29 is 13.7 Å². The average Bonchev–Trinajstić information content (AvgIpc) is 3.97. The number of anilines is 6. The van der Waals surface area contributed by atoms with Crippen LogP contribution in [-0.4, -0.2) is 6.71 Å². The summed E-state index contributed by atoms with van der Waals surface area (Å²) >= 11 is 1.61. The van der Waals surface area contributed by atoms with E-state index in [0.29, 0.717) is 89.2 Å². The smallest absolute Gasteiger partial charge is 0.253 e. The summed E-state index contributed by atoms with van der Waals surface area (Å²) in [5.41, 5.74) is 8.55. The second-order valence-electron chi connectivity index (χ2n) is 20.2. The lowest BCUT2D eigenvalue weighted by Crippen LogP contribution is -2.61. The molecule has 0 saturated heterocycles. The van der Waals surface area contributed by atoms with Crippen molar-refractivity contribution in [2.75, 3.05) is 9.80 Å². The Morgan fingerprint density at radius 1 is 0.528 bits per heavy atom. The number of thiophene rings is 1. The summed E-state index contributed by atoms with van der Waals surface area (Å²) in [6.07, 6.45) is 4.96. The van der Waals surface area contributed by atoms with Crippen LogP contribution >= 0.6 is 11.3 Å². The Balaban J connectivity index is 1.33. The van der Waals surface area contributed by atoms with Crippen LogP contribution in [-0.2, 0) is 51.4 Å². The van der Waals surface area contributed by atoms with E-state index in [9.17, 15) is 13.7 Å². The van der Waals surface area contributed by atoms with Crippen molar-refractivity contribution in [2.24, 2.45) is 21.7 Å². The molecule has 6 aliphatic rings. The molecule has 2 nitrogen and oxygen atoms in total. The van der Waals surface area contributed by atoms with Crippen LogP contribution < -0.4 is 26.2 Å². The highest BCUT2D eigenvalue weighted by atomic mass is 32.1. The lowest BCUT2D eigenvalue weighted by Gasteiger charge is -2.44. The molecule has 0 N–H and O–H groups in total. The molecule has 1 aromatic heterocycles. The first-order chi connectivity index (χ1) is 29.3. The van der Waals surface area contributed by atoms with Gasteiger partial charge in [-0.25, -0.2) is 0 Å². The predicted molar refractivity (Wildman–Crippen MR) is 228 cm³/mol. The van der Waals surface area contributed by atoms with Gasteiger partial charge < -0.3 is 9.80 Å². The maximum atomic E-state index is 10.3. The number of fused-ring (bicyclic) bond motifs is 9. The van der Waals surface area contributed by atoms with E-state index in [1.165, 1.54) is 0 Å². The first-order valence-corrected chi connectivity index (χ1v) is 20.3. The van der Waals surface area contributed by atoms with Gasteiger partial charge in [-0.1, -0.05) is 73.5 Å². The van der Waals surface area contributed by atoms with Crippen LogP contribution in [0.25, 0.3) is 0 Å². The number of hydrogen-bond donors (Lipinski definition) is 0. The van der Waals surface area contributed by atoms with Crippen LogP contribution in [0.1, 0.15) is 118 Å². The molecule has 4 aliphatic carbocycles. The van der Waals surface area contributed by atoms with Crippen molar-refractivity contribution >= 4 is 67.9 Å². The zero-order chi connectivity index (χ0) is 45.3. The fourth-order valence-electron chi connectivity index (χ4n) is 10.7. The highest BCUT2D eigenvalue weighted by Gasteiger charge is 2.49. The molecule has 2 aliphatic heterocycles. The molecule has 0 bridgehead atoms. The van der Waals surface area contributed by atoms with Crippen molar-refractivity contribution in [1.82, 2.24) is 0 Å². The van der Waals surface area contributed by atoms with Crippen LogP contribution in [0, 0.1) is 28.6 Å². The van der Waals surface area contributed by atoms with Gasteiger partial charge in [0.15, 0.2) is 0 Å². The predicted octanol–water partition coefficient (Wildman–Crippen LogP) is 10.6. The Morgan fingerprint density at radius 2 is 1.02 bits per heavy atom. The van der Waals surface area contributed by atoms with Crippen LogP contribution in [0.4, 0.5) is 33.4 Å². The van der Waals surface area contributed by atoms with Crippen molar-refractivity contribution in [3.63, 3.8) is 0 Å². The first-order valence-electron chi connectivity index (χ1n) is 24.5. The van der Waals surface area contributed by atoms with Gasteiger partial charge in [0.1, 0.15) is 0 Å². The SMILES string of the molecule is [2H]c1c([2H])c(N2c3sc4c(c3B3c5c([2H])c6c(c([2H])c5N(c5c([2H])c([2H])c7c(c5[2H])CC(C)(C)C7)c5c([2H])c(C)c([2H])c2c53)CC(C)(C)C6)CC(C)(C)C4)c([2H])c2c1CC(C)(C)C2. The topological polar surface area (TPSA) is 6.48 Å². The normalized spacial score (nSPS) is 23.8. The minimum atomic E-state index is -0.708. The molecular weight excluding hydrogens is 659 g/mol. The molecule has 0 fully saturated rings. The molecule has 0 radical (unpaired) electrons. The van der Waals surface area contributed by atoms with Crippen LogP contribution in [0.2, 0.25) is 0 Å². The average molecular weight is 723 g/mol. The van der Waals surface area contributed by atoms with Gasteiger partial charge >= 0.3 is 0 Å². The summed E-state index contributed by atoms with van der Waals surface area (Å²) in [7, 11) is 0. The summed E-state index contributed by atoms with van der Waals surface area (Å²) < 4.78 is 99.2. The Bertz CT molecular complexity index is 3020. The van der Waals surface area contributed by atoms with Gasteiger partial charge in [0.25, 0.3) is 6.71 Å². The third-order valence-electron chi connectivity index (χ3n) is 12.8. The van der Waals surface area contributed by atoms with Gasteiger partial charge in [-0.05, 0) is 183 Å². The lowest BCUT2D eigenvalue weighted by atomic mass is 9.33. The summed E-state index contributed by atoms with van der Waals surface area (Å²) in [5.74, 6) is 0. The first kappa shape index (κ1) is 23.9. The van der Waals surface area contributed by atoms with Gasteiger partial charge in [0.05, 0.1) is 18.7 Å². The molecule has 4 aromatic carbocycles. The fraction of sp³-hybridized carbons (Fsp3) is 0.429. The van der Waals surface area contributed by atoms with Crippen molar-refractivity contribution in [2.45, 2.75) is 114 Å². The minimum absolute atomic E-state index is 0.0111. The third-order valence-corrected chi connectivity index (χ3v) is 14.0. The van der Waals surface area contributed by atoms with E-state index in [0.717, 1.165) is 56.0 Å². The van der Waals surface area contributed by atoms with Crippen LogP contribution in [0.3, 0.4) is 0 Å². The molecular formula is C49H53BN2S. The van der Waals surface area contributed by atoms with E-state index in [-0.39, 0.29) is 87.4 Å².